The second-order valence-corrected chi connectivity index (χ2v) is 8.18. The molecule has 0 unspecified atom stereocenters. The lowest BCUT2D eigenvalue weighted by molar-refractivity contribution is -0.397. The normalized spacial score (nSPS) is 10.7. The zero-order chi connectivity index (χ0) is 24.0. The summed E-state index contributed by atoms with van der Waals surface area (Å²) in [5, 5.41) is 64.0. The largest absolute Gasteiger partial charge is 0.396 e. The van der Waals surface area contributed by atoms with Crippen molar-refractivity contribution in [3.63, 3.8) is 0 Å². The van der Waals surface area contributed by atoms with E-state index in [0.29, 0.717) is 21.6 Å². The predicted octanol–water partition coefficient (Wildman–Crippen LogP) is 3.19. The first-order chi connectivity index (χ1) is 15.1. The summed E-state index contributed by atoms with van der Waals surface area (Å²) >= 11 is 0. The summed E-state index contributed by atoms with van der Waals surface area (Å²) in [4.78, 5) is 42.2. The minimum absolute atomic E-state index is 0.0644. The van der Waals surface area contributed by atoms with E-state index in [4.69, 9.17) is 0 Å². The van der Waals surface area contributed by atoms with Gasteiger partial charge in [-0.3, -0.25) is 40.5 Å². The first-order valence-electron chi connectivity index (χ1n) is 8.59. The molecule has 0 heterocycles. The number of nitro groups is 4. The second-order valence-electron chi connectivity index (χ2n) is 5.96. The van der Waals surface area contributed by atoms with Crippen molar-refractivity contribution in [1.82, 2.24) is 0 Å². The average Bonchev–Trinajstić information content (AvgIpc) is 2.71. The molecule has 0 aliphatic heterocycles. The minimum Gasteiger partial charge on any atom is -0.396 e. The van der Waals surface area contributed by atoms with E-state index in [2.05, 4.69) is 0 Å². The molecule has 0 spiro atoms. The number of benzene rings is 2. The molecule has 2 N–H and O–H groups in total. The van der Waals surface area contributed by atoms with Crippen molar-refractivity contribution in [3.05, 3.63) is 75.8 Å². The molecular formula is C16H14N4O10S2. The van der Waals surface area contributed by atoms with Crippen LogP contribution >= 0.6 is 21.6 Å². The third-order valence-electron chi connectivity index (χ3n) is 4.15. The van der Waals surface area contributed by atoms with Gasteiger partial charge in [0.15, 0.2) is 0 Å². The highest BCUT2D eigenvalue weighted by Gasteiger charge is 2.31. The maximum absolute atomic E-state index is 11.6. The van der Waals surface area contributed by atoms with E-state index >= 15 is 0 Å². The molecule has 16 heteroatoms. The van der Waals surface area contributed by atoms with Crippen LogP contribution in [0.2, 0.25) is 0 Å². The lowest BCUT2D eigenvalue weighted by Gasteiger charge is -2.09. The van der Waals surface area contributed by atoms with Gasteiger partial charge in [-0.2, -0.15) is 0 Å². The van der Waals surface area contributed by atoms with Crippen molar-refractivity contribution in [2.24, 2.45) is 0 Å². The average molecular weight is 486 g/mol. The van der Waals surface area contributed by atoms with Crippen molar-refractivity contribution in [2.45, 2.75) is 22.6 Å². The van der Waals surface area contributed by atoms with Crippen LogP contribution in [0.5, 0.6) is 0 Å². The Morgan fingerprint density at radius 2 is 0.969 bits per heavy atom. The first-order valence-corrected chi connectivity index (χ1v) is 10.7. The molecule has 0 radical (unpaired) electrons. The molecule has 0 amide bonds. The summed E-state index contributed by atoms with van der Waals surface area (Å²) in [5.74, 6) is 0. The topological polar surface area (TPSA) is 213 Å². The van der Waals surface area contributed by atoms with Gasteiger partial charge >= 0.3 is 0 Å². The van der Waals surface area contributed by atoms with Crippen LogP contribution < -0.4 is 0 Å². The summed E-state index contributed by atoms with van der Waals surface area (Å²) in [6, 6.07) is 4.28. The Morgan fingerprint density at radius 3 is 1.22 bits per heavy atom. The third-order valence-corrected chi connectivity index (χ3v) is 6.57. The van der Waals surface area contributed by atoms with Crippen LogP contribution in [0.15, 0.2) is 34.1 Å². The van der Waals surface area contributed by atoms with Crippen LogP contribution in [0.1, 0.15) is 11.1 Å². The Balaban J connectivity index is 2.57. The van der Waals surface area contributed by atoms with Gasteiger partial charge in [0.05, 0.1) is 29.5 Å². The maximum atomic E-state index is 11.6. The SMILES string of the molecule is O=[N+]([O-])c1ccc(SSc2ccc([N+](=O)[O-])c(CCO)c2[N+](=O)[O-])c([N+](=O)[O-])c1CCO. The number of rotatable bonds is 11. The Morgan fingerprint density at radius 1 is 0.625 bits per heavy atom. The summed E-state index contributed by atoms with van der Waals surface area (Å²) < 4.78 is 0. The van der Waals surface area contributed by atoms with Crippen LogP contribution in [-0.4, -0.2) is 43.1 Å². The molecule has 0 bridgehead atoms. The van der Waals surface area contributed by atoms with Crippen molar-refractivity contribution in [3.8, 4) is 0 Å². The van der Waals surface area contributed by atoms with Gasteiger partial charge in [0.2, 0.25) is 0 Å². The zero-order valence-corrected chi connectivity index (χ0v) is 17.5. The highest BCUT2D eigenvalue weighted by molar-refractivity contribution is 8.76. The number of aliphatic hydroxyl groups is 2. The molecule has 14 nitrogen and oxygen atoms in total. The molecule has 0 saturated carbocycles. The van der Waals surface area contributed by atoms with Gasteiger partial charge in [-0.1, -0.05) is 0 Å². The molecule has 2 aromatic carbocycles. The fraction of sp³-hybridized carbons (Fsp3) is 0.250. The zero-order valence-electron chi connectivity index (χ0n) is 15.9. The fourth-order valence-electron chi connectivity index (χ4n) is 2.89. The lowest BCUT2D eigenvalue weighted by Crippen LogP contribution is -2.05. The van der Waals surface area contributed by atoms with Crippen molar-refractivity contribution in [2.75, 3.05) is 13.2 Å². The van der Waals surface area contributed by atoms with Crippen molar-refractivity contribution >= 4 is 44.3 Å². The third kappa shape index (κ3) is 5.28. The summed E-state index contributed by atoms with van der Waals surface area (Å²) in [7, 11) is 1.39. The van der Waals surface area contributed by atoms with E-state index in [1.807, 2.05) is 0 Å². The Hall–Kier alpha value is -3.34. The van der Waals surface area contributed by atoms with Crippen molar-refractivity contribution < 1.29 is 29.9 Å². The molecule has 2 aromatic rings. The van der Waals surface area contributed by atoms with Crippen molar-refractivity contribution in [1.29, 1.82) is 0 Å². The Bertz CT molecular complexity index is 1010. The van der Waals surface area contributed by atoms with Gasteiger partial charge in [0, 0.05) is 38.2 Å². The quantitative estimate of drug-likeness (QED) is 0.266. The van der Waals surface area contributed by atoms with Gasteiger partial charge in [-0.25, -0.2) is 0 Å². The molecule has 0 saturated heterocycles. The first kappa shape index (κ1) is 24.9. The van der Waals surface area contributed by atoms with Gasteiger partial charge in [-0.05, 0) is 33.7 Å². The van der Waals surface area contributed by atoms with E-state index in [1.54, 1.807) is 0 Å². The molecule has 0 fully saturated rings. The number of hydrogen-bond donors (Lipinski definition) is 2. The smallest absolute Gasteiger partial charge is 0.293 e. The summed E-state index contributed by atoms with van der Waals surface area (Å²) in [5.41, 5.74) is -2.94. The van der Waals surface area contributed by atoms with Crippen LogP contribution in [-0.2, 0) is 12.8 Å². The Labute approximate surface area is 186 Å². The predicted molar refractivity (Wildman–Crippen MR) is 113 cm³/mol. The van der Waals surface area contributed by atoms with Gasteiger partial charge in [-0.15, -0.1) is 0 Å². The number of nitrogens with zero attached hydrogens (tertiary/aromatic N) is 4. The summed E-state index contributed by atoms with van der Waals surface area (Å²) in [6.07, 6.45) is -0.714. The molecule has 32 heavy (non-hydrogen) atoms. The van der Waals surface area contributed by atoms with E-state index in [-0.39, 0.29) is 33.8 Å². The lowest BCUT2D eigenvalue weighted by atomic mass is 10.1. The van der Waals surface area contributed by atoms with Gasteiger partial charge in [0.25, 0.3) is 22.7 Å². The molecule has 0 atom stereocenters. The monoisotopic (exact) mass is 486 g/mol. The van der Waals surface area contributed by atoms with Gasteiger partial charge < -0.3 is 10.2 Å². The molecule has 0 aromatic heterocycles. The van der Waals surface area contributed by atoms with Crippen LogP contribution in [0.3, 0.4) is 0 Å². The molecule has 2 rings (SSSR count). The van der Waals surface area contributed by atoms with E-state index in [0.717, 1.165) is 24.3 Å². The van der Waals surface area contributed by atoms with Crippen LogP contribution in [0, 0.1) is 40.5 Å². The molecule has 170 valence electrons. The molecule has 0 aliphatic rings. The standard InChI is InChI=1S/C16H14N4O10S2/c21-7-5-9-11(17(23)24)1-3-13(15(9)19(27)28)31-32-14-4-2-12(18(25)26)10(6-8-22)16(14)20(29)30/h1-4,21-22H,5-8H2. The van der Waals surface area contributed by atoms with E-state index in [9.17, 15) is 50.7 Å². The minimum atomic E-state index is -0.845. The molecular weight excluding hydrogens is 472 g/mol. The van der Waals surface area contributed by atoms with E-state index < -0.39 is 55.7 Å². The van der Waals surface area contributed by atoms with Crippen LogP contribution in [0.4, 0.5) is 22.7 Å². The number of hydrogen-bond acceptors (Lipinski definition) is 12. The Kier molecular flexibility index (Phi) is 8.41. The van der Waals surface area contributed by atoms with E-state index in [1.165, 1.54) is 0 Å². The highest BCUT2D eigenvalue weighted by atomic mass is 33.1. The maximum Gasteiger partial charge on any atom is 0.293 e. The number of nitro benzene ring substituents is 4. The molecule has 0 aliphatic carbocycles. The fourth-order valence-corrected chi connectivity index (χ4v) is 5.22. The van der Waals surface area contributed by atoms with Crippen LogP contribution in [0.25, 0.3) is 0 Å². The van der Waals surface area contributed by atoms with Gasteiger partial charge in [0.1, 0.15) is 11.1 Å². The second kappa shape index (κ2) is 10.8. The number of aliphatic hydroxyl groups excluding tert-OH is 2. The summed E-state index contributed by atoms with van der Waals surface area (Å²) in [6.45, 7) is -1.16. The highest BCUT2D eigenvalue weighted by Crippen LogP contribution is 2.49.